The third-order valence-electron chi connectivity index (χ3n) is 3.27. The highest BCUT2D eigenvalue weighted by molar-refractivity contribution is 5.94. The Kier molecular flexibility index (Phi) is 5.10. The fourth-order valence-corrected chi connectivity index (χ4v) is 2.05. The smallest absolute Gasteiger partial charge is 0.316 e. The maximum absolute atomic E-state index is 12.0. The van der Waals surface area contributed by atoms with Crippen molar-refractivity contribution in [2.24, 2.45) is 0 Å². The summed E-state index contributed by atoms with van der Waals surface area (Å²) in [5.41, 5.74) is 1.22. The highest BCUT2D eigenvalue weighted by Crippen LogP contribution is 2.14. The van der Waals surface area contributed by atoms with Gasteiger partial charge in [-0.2, -0.15) is 4.98 Å². The first kappa shape index (κ1) is 16.3. The first-order chi connectivity index (χ1) is 12.2. The van der Waals surface area contributed by atoms with Crippen LogP contribution >= 0.6 is 0 Å². The van der Waals surface area contributed by atoms with Crippen LogP contribution in [0.15, 0.2) is 59.4 Å². The second-order valence-corrected chi connectivity index (χ2v) is 5.04. The first-order valence-electron chi connectivity index (χ1n) is 7.59. The largest absolute Gasteiger partial charge is 0.350 e. The molecule has 0 atom stereocenters. The predicted octanol–water partition coefficient (Wildman–Crippen LogP) is 1.29. The Morgan fingerprint density at radius 3 is 2.44 bits per heavy atom. The summed E-state index contributed by atoms with van der Waals surface area (Å²) < 4.78 is 4.96. The van der Waals surface area contributed by atoms with Gasteiger partial charge in [0.15, 0.2) is 0 Å². The molecule has 25 heavy (non-hydrogen) atoms. The molecule has 0 spiro atoms. The predicted molar refractivity (Wildman–Crippen MR) is 88.6 cm³/mol. The molecular formula is C17H15N5O3. The van der Waals surface area contributed by atoms with E-state index in [1.165, 1.54) is 6.20 Å². The van der Waals surface area contributed by atoms with Gasteiger partial charge in [0.1, 0.15) is 0 Å². The summed E-state index contributed by atoms with van der Waals surface area (Å²) in [6.45, 7) is 0.493. The molecule has 0 aliphatic rings. The number of aromatic nitrogens is 3. The Balaban J connectivity index is 1.47. The fourth-order valence-electron chi connectivity index (χ4n) is 2.05. The molecule has 126 valence electrons. The first-order valence-corrected chi connectivity index (χ1v) is 7.59. The van der Waals surface area contributed by atoms with Crippen molar-refractivity contribution in [1.82, 2.24) is 25.8 Å². The molecule has 0 bridgehead atoms. The van der Waals surface area contributed by atoms with Crippen LogP contribution in [-0.4, -0.2) is 40.0 Å². The van der Waals surface area contributed by atoms with E-state index < -0.39 is 5.91 Å². The normalized spacial score (nSPS) is 10.2. The molecule has 0 radical (unpaired) electrons. The summed E-state index contributed by atoms with van der Waals surface area (Å²) in [6, 6.07) is 12.5. The van der Waals surface area contributed by atoms with Crippen LogP contribution in [0.3, 0.4) is 0 Å². The van der Waals surface area contributed by atoms with Gasteiger partial charge in [-0.3, -0.25) is 14.6 Å². The standard InChI is InChI=1S/C17H15N5O3/c23-15(13-7-4-8-18-11-13)19-9-10-20-16(24)17-21-14(22-25-17)12-5-2-1-3-6-12/h1-8,11H,9-10H2,(H,19,23)(H,20,24). The highest BCUT2D eigenvalue weighted by atomic mass is 16.5. The van der Waals surface area contributed by atoms with E-state index in [-0.39, 0.29) is 24.9 Å². The molecule has 2 amide bonds. The van der Waals surface area contributed by atoms with Crippen molar-refractivity contribution in [2.45, 2.75) is 0 Å². The van der Waals surface area contributed by atoms with Crippen LogP contribution in [0.2, 0.25) is 0 Å². The zero-order chi connectivity index (χ0) is 17.5. The lowest BCUT2D eigenvalue weighted by Gasteiger charge is -2.05. The Morgan fingerprint density at radius 2 is 1.72 bits per heavy atom. The van der Waals surface area contributed by atoms with Gasteiger partial charge in [0, 0.05) is 31.0 Å². The lowest BCUT2D eigenvalue weighted by Crippen LogP contribution is -2.34. The number of hydrogen-bond donors (Lipinski definition) is 2. The maximum atomic E-state index is 12.0. The average Bonchev–Trinajstić information content (AvgIpc) is 3.16. The second-order valence-electron chi connectivity index (χ2n) is 5.04. The molecular weight excluding hydrogens is 322 g/mol. The van der Waals surface area contributed by atoms with Gasteiger partial charge in [0.05, 0.1) is 5.56 Å². The van der Waals surface area contributed by atoms with Crippen LogP contribution in [0, 0.1) is 0 Å². The molecule has 0 fully saturated rings. The van der Waals surface area contributed by atoms with Gasteiger partial charge in [0.25, 0.3) is 5.91 Å². The van der Waals surface area contributed by atoms with E-state index in [0.29, 0.717) is 11.4 Å². The molecule has 0 aliphatic carbocycles. The van der Waals surface area contributed by atoms with Crippen molar-refractivity contribution in [2.75, 3.05) is 13.1 Å². The zero-order valence-corrected chi connectivity index (χ0v) is 13.2. The van der Waals surface area contributed by atoms with Crippen molar-refractivity contribution in [1.29, 1.82) is 0 Å². The van der Waals surface area contributed by atoms with E-state index in [0.717, 1.165) is 5.56 Å². The minimum Gasteiger partial charge on any atom is -0.350 e. The topological polar surface area (TPSA) is 110 Å². The molecule has 0 saturated carbocycles. The van der Waals surface area contributed by atoms with E-state index in [1.54, 1.807) is 18.3 Å². The van der Waals surface area contributed by atoms with Crippen LogP contribution in [0.5, 0.6) is 0 Å². The molecule has 3 rings (SSSR count). The number of pyridine rings is 1. The van der Waals surface area contributed by atoms with Gasteiger partial charge in [-0.25, -0.2) is 0 Å². The van der Waals surface area contributed by atoms with Gasteiger partial charge in [-0.15, -0.1) is 0 Å². The van der Waals surface area contributed by atoms with E-state index in [2.05, 4.69) is 25.8 Å². The van der Waals surface area contributed by atoms with Crippen molar-refractivity contribution < 1.29 is 14.1 Å². The summed E-state index contributed by atoms with van der Waals surface area (Å²) in [7, 11) is 0. The molecule has 1 aromatic carbocycles. The number of carbonyl (C=O) groups is 2. The van der Waals surface area contributed by atoms with Crippen molar-refractivity contribution in [3.05, 3.63) is 66.3 Å². The number of amides is 2. The number of nitrogens with zero attached hydrogens (tertiary/aromatic N) is 3. The minimum absolute atomic E-state index is 0.127. The van der Waals surface area contributed by atoms with Gasteiger partial charge in [-0.1, -0.05) is 35.5 Å². The zero-order valence-electron chi connectivity index (χ0n) is 13.2. The summed E-state index contributed by atoms with van der Waals surface area (Å²) in [6.07, 6.45) is 3.06. The van der Waals surface area contributed by atoms with Crippen molar-refractivity contribution >= 4 is 11.8 Å². The minimum atomic E-state index is -0.495. The molecule has 0 unspecified atom stereocenters. The monoisotopic (exact) mass is 337 g/mol. The number of carbonyl (C=O) groups excluding carboxylic acids is 2. The van der Waals surface area contributed by atoms with E-state index in [9.17, 15) is 9.59 Å². The van der Waals surface area contributed by atoms with Crippen molar-refractivity contribution in [3.63, 3.8) is 0 Å². The Labute approximate surface area is 143 Å². The van der Waals surface area contributed by atoms with Crippen molar-refractivity contribution in [3.8, 4) is 11.4 Å². The SMILES string of the molecule is O=C(NCCNC(=O)c1nc(-c2ccccc2)no1)c1cccnc1. The molecule has 2 heterocycles. The van der Waals surface area contributed by atoms with Gasteiger partial charge < -0.3 is 15.2 Å². The molecule has 0 aliphatic heterocycles. The molecule has 0 saturated heterocycles. The van der Waals surface area contributed by atoms with Crippen LogP contribution in [0.1, 0.15) is 21.0 Å². The van der Waals surface area contributed by atoms with Crippen LogP contribution < -0.4 is 10.6 Å². The lowest BCUT2D eigenvalue weighted by atomic mass is 10.2. The maximum Gasteiger partial charge on any atom is 0.316 e. The highest BCUT2D eigenvalue weighted by Gasteiger charge is 2.15. The molecule has 8 nitrogen and oxygen atoms in total. The molecule has 8 heteroatoms. The van der Waals surface area contributed by atoms with E-state index >= 15 is 0 Å². The van der Waals surface area contributed by atoms with Crippen LogP contribution in [0.4, 0.5) is 0 Å². The molecule has 3 aromatic rings. The summed E-state index contributed by atoms with van der Waals surface area (Å²) >= 11 is 0. The summed E-state index contributed by atoms with van der Waals surface area (Å²) in [5.74, 6) is -0.537. The third kappa shape index (κ3) is 4.25. The third-order valence-corrected chi connectivity index (χ3v) is 3.27. The van der Waals surface area contributed by atoms with Crippen LogP contribution in [-0.2, 0) is 0 Å². The number of rotatable bonds is 6. The fraction of sp³-hybridized carbons (Fsp3) is 0.118. The van der Waals surface area contributed by atoms with Gasteiger partial charge >= 0.3 is 11.8 Å². The number of benzene rings is 1. The van der Waals surface area contributed by atoms with E-state index in [4.69, 9.17) is 4.52 Å². The van der Waals surface area contributed by atoms with Gasteiger partial charge in [0.2, 0.25) is 5.82 Å². The van der Waals surface area contributed by atoms with Gasteiger partial charge in [-0.05, 0) is 12.1 Å². The molecule has 2 aromatic heterocycles. The van der Waals surface area contributed by atoms with E-state index in [1.807, 2.05) is 30.3 Å². The van der Waals surface area contributed by atoms with Crippen LogP contribution in [0.25, 0.3) is 11.4 Å². The lowest BCUT2D eigenvalue weighted by molar-refractivity contribution is 0.0898. The Hall–Kier alpha value is -3.55. The quantitative estimate of drug-likeness (QED) is 0.656. The summed E-state index contributed by atoms with van der Waals surface area (Å²) in [5, 5.41) is 9.06. The second kappa shape index (κ2) is 7.82. The molecule has 2 N–H and O–H groups in total. The Morgan fingerprint density at radius 1 is 0.960 bits per heavy atom. The average molecular weight is 337 g/mol. The summed E-state index contributed by atoms with van der Waals surface area (Å²) in [4.78, 5) is 31.7. The number of hydrogen-bond acceptors (Lipinski definition) is 6. The number of nitrogens with one attached hydrogen (secondary N) is 2. The Bertz CT molecular complexity index is 849.